The number of hydrogen-bond donors (Lipinski definition) is 1. The Labute approximate surface area is 150 Å². The van der Waals surface area contributed by atoms with E-state index in [0.717, 1.165) is 6.08 Å². The largest absolute Gasteiger partial charge is 0.497 e. The SMILES string of the molecule is COc1cccc(C(/C=C/c2ccc(C(=O)O)c(Br)c2)C(F)(F)F)c1. The van der Waals surface area contributed by atoms with E-state index in [0.29, 0.717) is 15.8 Å². The molecule has 0 aliphatic carbocycles. The number of benzene rings is 2. The average molecular weight is 415 g/mol. The molecule has 0 aliphatic rings. The zero-order valence-electron chi connectivity index (χ0n) is 13.0. The van der Waals surface area contributed by atoms with Crippen LogP contribution < -0.4 is 4.74 Å². The Bertz CT molecular complexity index is 800. The van der Waals surface area contributed by atoms with Gasteiger partial charge in [-0.1, -0.05) is 30.4 Å². The van der Waals surface area contributed by atoms with E-state index in [9.17, 15) is 18.0 Å². The van der Waals surface area contributed by atoms with Gasteiger partial charge in [-0.15, -0.1) is 0 Å². The van der Waals surface area contributed by atoms with E-state index in [-0.39, 0.29) is 11.1 Å². The van der Waals surface area contributed by atoms with Crippen LogP contribution in [0.1, 0.15) is 27.4 Å². The lowest BCUT2D eigenvalue weighted by atomic mass is 9.96. The van der Waals surface area contributed by atoms with Gasteiger partial charge < -0.3 is 9.84 Å². The number of allylic oxidation sites excluding steroid dienone is 1. The molecule has 2 aromatic rings. The van der Waals surface area contributed by atoms with Gasteiger partial charge in [0.15, 0.2) is 0 Å². The molecule has 2 aromatic carbocycles. The van der Waals surface area contributed by atoms with Gasteiger partial charge in [-0.3, -0.25) is 0 Å². The highest BCUT2D eigenvalue weighted by Gasteiger charge is 2.39. The van der Waals surface area contributed by atoms with Gasteiger partial charge in [-0.25, -0.2) is 4.79 Å². The fourth-order valence-electron chi connectivity index (χ4n) is 2.26. The van der Waals surface area contributed by atoms with Crippen LogP contribution in [-0.4, -0.2) is 24.4 Å². The van der Waals surface area contributed by atoms with Gasteiger partial charge in [0.1, 0.15) is 5.75 Å². The lowest BCUT2D eigenvalue weighted by Crippen LogP contribution is -2.18. The molecule has 0 heterocycles. The van der Waals surface area contributed by atoms with Crippen LogP contribution in [0.15, 0.2) is 53.0 Å². The normalized spacial score (nSPS) is 13.0. The topological polar surface area (TPSA) is 46.5 Å². The van der Waals surface area contributed by atoms with Crippen LogP contribution in [0.25, 0.3) is 6.08 Å². The minimum absolute atomic E-state index is 0.0392. The van der Waals surface area contributed by atoms with Crippen molar-refractivity contribution >= 4 is 28.0 Å². The van der Waals surface area contributed by atoms with Gasteiger partial charge in [-0.05, 0) is 51.3 Å². The van der Waals surface area contributed by atoms with Crippen LogP contribution >= 0.6 is 15.9 Å². The quantitative estimate of drug-likeness (QED) is 0.700. The summed E-state index contributed by atoms with van der Waals surface area (Å²) in [6.45, 7) is 0. The molecular formula is C18H14BrF3O3. The van der Waals surface area contributed by atoms with Crippen molar-refractivity contribution in [3.8, 4) is 5.75 Å². The lowest BCUT2D eigenvalue weighted by Gasteiger charge is -2.18. The third-order valence-corrected chi connectivity index (χ3v) is 4.17. The standard InChI is InChI=1S/C18H14BrF3O3/c1-25-13-4-2-3-12(10-13)15(18(20,21)22)8-6-11-5-7-14(17(23)24)16(19)9-11/h2-10,15H,1H3,(H,23,24)/b8-6+. The van der Waals surface area contributed by atoms with Crippen LogP contribution in [0, 0.1) is 0 Å². The molecule has 1 N–H and O–H groups in total. The molecule has 0 radical (unpaired) electrons. The third-order valence-electron chi connectivity index (χ3n) is 3.51. The van der Waals surface area contributed by atoms with Gasteiger partial charge in [0.05, 0.1) is 18.6 Å². The van der Waals surface area contributed by atoms with Crippen LogP contribution in [0.5, 0.6) is 5.75 Å². The third kappa shape index (κ3) is 4.85. The lowest BCUT2D eigenvalue weighted by molar-refractivity contribution is -0.139. The van der Waals surface area contributed by atoms with Crippen molar-refractivity contribution < 1.29 is 27.8 Å². The number of halogens is 4. The van der Waals surface area contributed by atoms with Gasteiger partial charge in [0, 0.05) is 4.47 Å². The van der Waals surface area contributed by atoms with Crippen molar-refractivity contribution in [1.82, 2.24) is 0 Å². The molecule has 0 aromatic heterocycles. The van der Waals surface area contributed by atoms with E-state index in [1.807, 2.05) is 0 Å². The molecule has 1 atom stereocenters. The van der Waals surface area contributed by atoms with Crippen molar-refractivity contribution in [2.24, 2.45) is 0 Å². The number of carboxylic acids is 1. The predicted octanol–water partition coefficient (Wildman–Crippen LogP) is 5.52. The summed E-state index contributed by atoms with van der Waals surface area (Å²) in [6.07, 6.45) is -2.12. The zero-order valence-corrected chi connectivity index (χ0v) is 14.6. The maximum absolute atomic E-state index is 13.4. The zero-order chi connectivity index (χ0) is 18.6. The molecule has 25 heavy (non-hydrogen) atoms. The summed E-state index contributed by atoms with van der Waals surface area (Å²) < 4.78 is 45.5. The Kier molecular flexibility index (Phi) is 5.89. The van der Waals surface area contributed by atoms with E-state index < -0.39 is 18.1 Å². The van der Waals surface area contributed by atoms with Crippen molar-refractivity contribution in [2.45, 2.75) is 12.1 Å². The van der Waals surface area contributed by atoms with Crippen LogP contribution in [-0.2, 0) is 0 Å². The highest BCUT2D eigenvalue weighted by molar-refractivity contribution is 9.10. The molecule has 0 saturated heterocycles. The predicted molar refractivity (Wildman–Crippen MR) is 91.9 cm³/mol. The highest BCUT2D eigenvalue weighted by atomic mass is 79.9. The van der Waals surface area contributed by atoms with Gasteiger partial charge in [0.25, 0.3) is 0 Å². The monoisotopic (exact) mass is 414 g/mol. The summed E-state index contributed by atoms with van der Waals surface area (Å²) in [5, 5.41) is 8.97. The first-order valence-corrected chi connectivity index (χ1v) is 7.93. The fourth-order valence-corrected chi connectivity index (χ4v) is 2.83. The van der Waals surface area contributed by atoms with Crippen molar-refractivity contribution in [3.63, 3.8) is 0 Å². The van der Waals surface area contributed by atoms with E-state index in [4.69, 9.17) is 9.84 Å². The molecule has 0 amide bonds. The molecule has 1 unspecified atom stereocenters. The molecule has 3 nitrogen and oxygen atoms in total. The van der Waals surface area contributed by atoms with E-state index in [1.54, 1.807) is 6.07 Å². The number of aromatic carboxylic acids is 1. The fraction of sp³-hybridized carbons (Fsp3) is 0.167. The molecule has 0 saturated carbocycles. The van der Waals surface area contributed by atoms with Gasteiger partial charge in [0.2, 0.25) is 0 Å². The van der Waals surface area contributed by atoms with Gasteiger partial charge >= 0.3 is 12.1 Å². The minimum atomic E-state index is -4.47. The minimum Gasteiger partial charge on any atom is -0.497 e. The second-order valence-electron chi connectivity index (χ2n) is 5.20. The van der Waals surface area contributed by atoms with E-state index in [2.05, 4.69) is 15.9 Å². The number of methoxy groups -OCH3 is 1. The number of carbonyl (C=O) groups is 1. The molecule has 0 fully saturated rings. The summed E-state index contributed by atoms with van der Waals surface area (Å²) >= 11 is 3.10. The van der Waals surface area contributed by atoms with E-state index >= 15 is 0 Å². The second kappa shape index (κ2) is 7.74. The maximum atomic E-state index is 13.4. The summed E-state index contributed by atoms with van der Waals surface area (Å²) in [5.74, 6) is -2.58. The Balaban J connectivity index is 2.36. The Morgan fingerprint density at radius 2 is 1.96 bits per heavy atom. The maximum Gasteiger partial charge on any atom is 0.399 e. The first-order chi connectivity index (χ1) is 11.7. The van der Waals surface area contributed by atoms with Crippen molar-refractivity contribution in [3.05, 3.63) is 69.7 Å². The second-order valence-corrected chi connectivity index (χ2v) is 6.05. The number of hydrogen-bond acceptors (Lipinski definition) is 2. The molecule has 0 spiro atoms. The van der Waals surface area contributed by atoms with Crippen LogP contribution in [0.4, 0.5) is 13.2 Å². The number of alkyl halides is 3. The molecular weight excluding hydrogens is 401 g/mol. The Morgan fingerprint density at radius 3 is 2.52 bits per heavy atom. The van der Waals surface area contributed by atoms with Crippen LogP contribution in [0.3, 0.4) is 0 Å². The molecule has 132 valence electrons. The summed E-state index contributed by atoms with van der Waals surface area (Å²) in [6, 6.07) is 10.0. The first kappa shape index (κ1) is 19.1. The molecule has 0 bridgehead atoms. The average Bonchev–Trinajstić information content (AvgIpc) is 2.53. The first-order valence-electron chi connectivity index (χ1n) is 7.14. The van der Waals surface area contributed by atoms with Crippen LogP contribution in [0.2, 0.25) is 0 Å². The molecule has 2 rings (SSSR count). The molecule has 7 heteroatoms. The smallest absolute Gasteiger partial charge is 0.399 e. The number of ether oxygens (including phenoxy) is 1. The Morgan fingerprint density at radius 1 is 1.24 bits per heavy atom. The van der Waals surface area contributed by atoms with Crippen molar-refractivity contribution in [1.29, 1.82) is 0 Å². The van der Waals surface area contributed by atoms with E-state index in [1.165, 1.54) is 49.6 Å². The summed E-state index contributed by atoms with van der Waals surface area (Å²) in [5.41, 5.74) is 0.552. The van der Waals surface area contributed by atoms with Crippen molar-refractivity contribution in [2.75, 3.05) is 7.11 Å². The number of rotatable bonds is 5. The Hall–Kier alpha value is -2.28. The highest BCUT2D eigenvalue weighted by Crippen LogP contribution is 2.37. The molecule has 0 aliphatic heterocycles. The number of carboxylic acid groups (broad SMARTS) is 1. The van der Waals surface area contributed by atoms with Gasteiger partial charge in [-0.2, -0.15) is 13.2 Å². The summed E-state index contributed by atoms with van der Waals surface area (Å²) in [4.78, 5) is 11.0. The summed E-state index contributed by atoms with van der Waals surface area (Å²) in [7, 11) is 1.39.